The van der Waals surface area contributed by atoms with E-state index in [0.29, 0.717) is 30.9 Å². The Labute approximate surface area is 219 Å². The third-order valence-corrected chi connectivity index (χ3v) is 7.35. The molecule has 0 aromatic rings. The lowest BCUT2D eigenvalue weighted by Gasteiger charge is -2.29. The molecule has 36 heavy (non-hydrogen) atoms. The van der Waals surface area contributed by atoms with Crippen molar-refractivity contribution in [2.24, 2.45) is 11.8 Å². The highest BCUT2D eigenvalue weighted by atomic mass is 32.2. The van der Waals surface area contributed by atoms with Crippen LogP contribution in [0.15, 0.2) is 0 Å². The first-order valence-electron chi connectivity index (χ1n) is 13.3. The van der Waals surface area contributed by atoms with Gasteiger partial charge in [-0.1, -0.05) is 46.0 Å². The highest BCUT2D eigenvalue weighted by molar-refractivity contribution is 7.98. The second kappa shape index (κ2) is 15.2. The molecule has 4 N–H and O–H groups in total. The number of hydrogen-bond acceptors (Lipinski definition) is 6. The van der Waals surface area contributed by atoms with E-state index in [2.05, 4.69) is 21.3 Å². The molecule has 0 aromatic carbocycles. The third-order valence-electron chi connectivity index (χ3n) is 6.71. The van der Waals surface area contributed by atoms with E-state index >= 15 is 0 Å². The first kappa shape index (κ1) is 30.1. The van der Waals surface area contributed by atoms with E-state index in [0.717, 1.165) is 38.5 Å². The predicted octanol–water partition coefficient (Wildman–Crippen LogP) is 2.08. The van der Waals surface area contributed by atoms with E-state index in [9.17, 15) is 24.0 Å². The van der Waals surface area contributed by atoms with Gasteiger partial charge in [0.1, 0.15) is 12.1 Å². The lowest BCUT2D eigenvalue weighted by molar-refractivity contribution is -0.140. The Hall–Kier alpha value is -2.10. The molecule has 0 bridgehead atoms. The van der Waals surface area contributed by atoms with Gasteiger partial charge >= 0.3 is 0 Å². The highest BCUT2D eigenvalue weighted by Gasteiger charge is 2.34. The van der Waals surface area contributed by atoms with Crippen LogP contribution < -0.4 is 21.3 Å². The number of amides is 4. The smallest absolute Gasteiger partial charge is 0.289 e. The molecule has 204 valence electrons. The largest absolute Gasteiger partial charge is 0.347 e. The zero-order valence-electron chi connectivity index (χ0n) is 22.2. The van der Waals surface area contributed by atoms with Crippen molar-refractivity contribution in [3.05, 3.63) is 0 Å². The van der Waals surface area contributed by atoms with Gasteiger partial charge < -0.3 is 21.3 Å². The third kappa shape index (κ3) is 10.9. The minimum Gasteiger partial charge on any atom is -0.347 e. The molecule has 0 spiro atoms. The first-order valence-corrected chi connectivity index (χ1v) is 14.7. The summed E-state index contributed by atoms with van der Waals surface area (Å²) in [7, 11) is 0. The van der Waals surface area contributed by atoms with Crippen LogP contribution in [0.5, 0.6) is 0 Å². The SMILES string of the molecule is CSCC[C@H](NC(=O)[C@H](CC(C)C)NC(=O)[C@H](CC1CCCCC1)NC(C)=O)C(=O)C(=O)NC1CC1. The average Bonchev–Trinajstić information content (AvgIpc) is 3.64. The molecular weight excluding hydrogens is 480 g/mol. The number of nitrogens with one attached hydrogen (secondary N) is 4. The van der Waals surface area contributed by atoms with Crippen molar-refractivity contribution >= 4 is 41.2 Å². The highest BCUT2D eigenvalue weighted by Crippen LogP contribution is 2.27. The summed E-state index contributed by atoms with van der Waals surface area (Å²) in [5.41, 5.74) is 0. The van der Waals surface area contributed by atoms with Gasteiger partial charge in [-0.05, 0) is 55.9 Å². The second-order valence-corrected chi connectivity index (χ2v) is 11.6. The number of carbonyl (C=O) groups excluding carboxylic acids is 5. The fourth-order valence-corrected chi connectivity index (χ4v) is 5.10. The Balaban J connectivity index is 2.09. The zero-order chi connectivity index (χ0) is 26.7. The van der Waals surface area contributed by atoms with Crippen LogP contribution >= 0.6 is 11.8 Å². The average molecular weight is 525 g/mol. The molecule has 0 aromatic heterocycles. The molecule has 0 unspecified atom stereocenters. The molecule has 0 heterocycles. The van der Waals surface area contributed by atoms with Crippen LogP contribution in [0.3, 0.4) is 0 Å². The number of ketones is 1. The minimum absolute atomic E-state index is 0.0428. The second-order valence-electron chi connectivity index (χ2n) is 10.6. The van der Waals surface area contributed by atoms with Crippen LogP contribution in [0.4, 0.5) is 0 Å². The molecule has 3 atom stereocenters. The molecule has 0 radical (unpaired) electrons. The Morgan fingerprint density at radius 3 is 2.00 bits per heavy atom. The van der Waals surface area contributed by atoms with Crippen LogP contribution in [0.1, 0.15) is 85.0 Å². The number of rotatable bonds is 15. The zero-order valence-corrected chi connectivity index (χ0v) is 23.0. The molecule has 2 fully saturated rings. The van der Waals surface area contributed by atoms with E-state index in [1.165, 1.54) is 25.1 Å². The van der Waals surface area contributed by atoms with E-state index in [1.807, 2.05) is 20.1 Å². The van der Waals surface area contributed by atoms with Crippen LogP contribution in [-0.2, 0) is 24.0 Å². The van der Waals surface area contributed by atoms with Crippen molar-refractivity contribution in [2.45, 2.75) is 109 Å². The van der Waals surface area contributed by atoms with Gasteiger partial charge in [-0.3, -0.25) is 24.0 Å². The first-order chi connectivity index (χ1) is 17.1. The van der Waals surface area contributed by atoms with Gasteiger partial charge in [0.2, 0.25) is 23.5 Å². The summed E-state index contributed by atoms with van der Waals surface area (Å²) in [6, 6.07) is -2.51. The van der Waals surface area contributed by atoms with Crippen LogP contribution in [-0.4, -0.2) is 65.6 Å². The van der Waals surface area contributed by atoms with E-state index in [4.69, 9.17) is 0 Å². The van der Waals surface area contributed by atoms with Gasteiger partial charge in [0.25, 0.3) is 5.91 Å². The Kier molecular flexibility index (Phi) is 12.7. The maximum atomic E-state index is 13.3. The van der Waals surface area contributed by atoms with E-state index in [1.54, 1.807) is 0 Å². The molecule has 2 saturated carbocycles. The van der Waals surface area contributed by atoms with Crippen molar-refractivity contribution < 1.29 is 24.0 Å². The van der Waals surface area contributed by atoms with Crippen molar-refractivity contribution in [2.75, 3.05) is 12.0 Å². The van der Waals surface area contributed by atoms with Gasteiger partial charge in [-0.2, -0.15) is 11.8 Å². The van der Waals surface area contributed by atoms with Crippen LogP contribution in [0, 0.1) is 11.8 Å². The normalized spacial score (nSPS) is 18.6. The predicted molar refractivity (Wildman–Crippen MR) is 141 cm³/mol. The maximum Gasteiger partial charge on any atom is 0.289 e. The monoisotopic (exact) mass is 524 g/mol. The summed E-state index contributed by atoms with van der Waals surface area (Å²) in [6.45, 7) is 5.27. The molecule has 10 heteroatoms. The Morgan fingerprint density at radius 1 is 0.833 bits per heavy atom. The molecule has 4 amide bonds. The van der Waals surface area contributed by atoms with Gasteiger partial charge in [-0.25, -0.2) is 0 Å². The van der Waals surface area contributed by atoms with Gasteiger partial charge in [0, 0.05) is 13.0 Å². The maximum absolute atomic E-state index is 13.3. The molecule has 0 aliphatic heterocycles. The van der Waals surface area contributed by atoms with Crippen molar-refractivity contribution in [3.8, 4) is 0 Å². The number of thioether (sulfide) groups is 1. The summed E-state index contributed by atoms with van der Waals surface area (Å²) in [5.74, 6) is -1.46. The van der Waals surface area contributed by atoms with Gasteiger partial charge in [0.05, 0.1) is 6.04 Å². The van der Waals surface area contributed by atoms with Crippen molar-refractivity contribution in [1.82, 2.24) is 21.3 Å². The molecular formula is C26H44N4O5S. The molecule has 2 aliphatic rings. The Bertz CT molecular complexity index is 780. The summed E-state index contributed by atoms with van der Waals surface area (Å²) < 4.78 is 0. The molecule has 0 saturated heterocycles. The van der Waals surface area contributed by atoms with Gasteiger partial charge in [-0.15, -0.1) is 0 Å². The minimum atomic E-state index is -0.955. The standard InChI is InChI=1S/C26H44N4O5S/c1-16(2)14-21(30-25(34)22(27-17(3)31)15-18-8-6-5-7-9-18)24(33)29-20(12-13-36-4)23(32)26(35)28-19-10-11-19/h16,18-22H,5-15H2,1-4H3,(H,27,31)(H,28,35)(H,29,33)(H,30,34)/t20-,21-,22-/m0/s1. The van der Waals surface area contributed by atoms with E-state index in [-0.39, 0.29) is 17.9 Å². The molecule has 2 aliphatic carbocycles. The van der Waals surface area contributed by atoms with Crippen molar-refractivity contribution in [1.29, 1.82) is 0 Å². The summed E-state index contributed by atoms with van der Waals surface area (Å²) in [5, 5.41) is 11.0. The number of carbonyl (C=O) groups is 5. The fraction of sp³-hybridized carbons (Fsp3) is 0.808. The van der Waals surface area contributed by atoms with E-state index < -0.39 is 41.6 Å². The summed E-state index contributed by atoms with van der Waals surface area (Å²) >= 11 is 1.52. The summed E-state index contributed by atoms with van der Waals surface area (Å²) in [6.07, 6.45) is 10.3. The number of hydrogen-bond donors (Lipinski definition) is 4. The molecule has 9 nitrogen and oxygen atoms in total. The fourth-order valence-electron chi connectivity index (χ4n) is 4.63. The summed E-state index contributed by atoms with van der Waals surface area (Å²) in [4.78, 5) is 63.5. The lowest BCUT2D eigenvalue weighted by Crippen LogP contribution is -2.57. The van der Waals surface area contributed by atoms with Crippen LogP contribution in [0.2, 0.25) is 0 Å². The Morgan fingerprint density at radius 2 is 1.44 bits per heavy atom. The topological polar surface area (TPSA) is 133 Å². The molecule has 2 rings (SSSR count). The van der Waals surface area contributed by atoms with Crippen molar-refractivity contribution in [3.63, 3.8) is 0 Å². The lowest BCUT2D eigenvalue weighted by atomic mass is 9.84. The van der Waals surface area contributed by atoms with Gasteiger partial charge in [0.15, 0.2) is 0 Å². The number of Topliss-reactive ketones (excluding diaryl/α,β-unsaturated/α-hetero) is 1. The van der Waals surface area contributed by atoms with Crippen LogP contribution in [0.25, 0.3) is 0 Å². The quantitative estimate of drug-likeness (QED) is 0.242.